The van der Waals surface area contributed by atoms with Crippen LogP contribution < -0.4 is 19.5 Å². The van der Waals surface area contributed by atoms with Gasteiger partial charge in [0.05, 0.1) is 26.9 Å². The number of carbonyl (C=O) groups excluding carboxylic acids is 2. The Labute approximate surface area is 186 Å². The fourth-order valence-corrected chi connectivity index (χ4v) is 3.53. The van der Waals surface area contributed by atoms with E-state index in [4.69, 9.17) is 25.8 Å². The van der Waals surface area contributed by atoms with Crippen molar-refractivity contribution in [3.05, 3.63) is 46.5 Å². The van der Waals surface area contributed by atoms with Crippen LogP contribution in [0, 0.1) is 6.92 Å². The first kappa shape index (κ1) is 22.6. The van der Waals surface area contributed by atoms with Gasteiger partial charge in [-0.15, -0.1) is 0 Å². The molecule has 1 heterocycles. The molecule has 31 heavy (non-hydrogen) atoms. The summed E-state index contributed by atoms with van der Waals surface area (Å²) in [4.78, 5) is 29.0. The van der Waals surface area contributed by atoms with Crippen molar-refractivity contribution in [3.8, 4) is 17.2 Å². The number of urea groups is 1. The number of hydrogen-bond acceptors (Lipinski definition) is 5. The highest BCUT2D eigenvalue weighted by atomic mass is 35.5. The lowest BCUT2D eigenvalue weighted by atomic mass is 10.1. The van der Waals surface area contributed by atoms with Gasteiger partial charge in [-0.3, -0.25) is 4.79 Å². The number of amides is 3. The number of carbonyl (C=O) groups is 2. The summed E-state index contributed by atoms with van der Waals surface area (Å²) >= 11 is 6.12. The molecule has 9 heteroatoms. The number of nitrogens with zero attached hydrogens (tertiary/aromatic N) is 2. The second-order valence-electron chi connectivity index (χ2n) is 7.08. The van der Waals surface area contributed by atoms with Crippen LogP contribution in [0.3, 0.4) is 0 Å². The molecule has 0 bridgehead atoms. The second kappa shape index (κ2) is 9.78. The van der Waals surface area contributed by atoms with Gasteiger partial charge < -0.3 is 29.3 Å². The summed E-state index contributed by atoms with van der Waals surface area (Å²) in [6.45, 7) is 3.52. The van der Waals surface area contributed by atoms with E-state index in [0.717, 1.165) is 5.56 Å². The van der Waals surface area contributed by atoms with Gasteiger partial charge in [-0.2, -0.15) is 0 Å². The maximum atomic E-state index is 13.1. The van der Waals surface area contributed by atoms with Crippen LogP contribution in [-0.2, 0) is 0 Å². The summed E-state index contributed by atoms with van der Waals surface area (Å²) in [5.74, 6) is 1.14. The number of hydrogen-bond donors (Lipinski definition) is 1. The van der Waals surface area contributed by atoms with Crippen LogP contribution in [0.15, 0.2) is 30.3 Å². The number of piperazine rings is 1. The van der Waals surface area contributed by atoms with E-state index in [9.17, 15) is 9.59 Å². The minimum Gasteiger partial charge on any atom is -0.496 e. The minimum absolute atomic E-state index is 0.192. The number of rotatable bonds is 5. The molecule has 8 nitrogen and oxygen atoms in total. The Morgan fingerprint density at radius 1 is 0.871 bits per heavy atom. The third-order valence-corrected chi connectivity index (χ3v) is 5.62. The minimum atomic E-state index is -0.226. The molecule has 1 saturated heterocycles. The topological polar surface area (TPSA) is 80.3 Å². The van der Waals surface area contributed by atoms with Crippen molar-refractivity contribution in [3.63, 3.8) is 0 Å². The molecule has 1 aliphatic heterocycles. The number of ether oxygens (including phenoxy) is 3. The number of aryl methyl sites for hydroxylation is 1. The molecule has 3 rings (SSSR count). The molecule has 0 aliphatic carbocycles. The average molecular weight is 448 g/mol. The molecule has 0 unspecified atom stereocenters. The van der Waals surface area contributed by atoms with Crippen molar-refractivity contribution in [2.24, 2.45) is 0 Å². The largest absolute Gasteiger partial charge is 0.496 e. The van der Waals surface area contributed by atoms with E-state index in [2.05, 4.69) is 5.32 Å². The van der Waals surface area contributed by atoms with Crippen LogP contribution in [0.4, 0.5) is 10.5 Å². The quantitative estimate of drug-likeness (QED) is 0.756. The van der Waals surface area contributed by atoms with Crippen molar-refractivity contribution in [2.45, 2.75) is 6.92 Å². The zero-order valence-electron chi connectivity index (χ0n) is 18.0. The number of halogens is 1. The van der Waals surface area contributed by atoms with Crippen LogP contribution in [-0.4, -0.2) is 69.2 Å². The smallest absolute Gasteiger partial charge is 0.321 e. The molecular weight excluding hydrogens is 422 g/mol. The lowest BCUT2D eigenvalue weighted by molar-refractivity contribution is 0.0668. The van der Waals surface area contributed by atoms with Gasteiger partial charge in [0.1, 0.15) is 5.75 Å². The van der Waals surface area contributed by atoms with E-state index in [0.29, 0.717) is 59.7 Å². The molecule has 166 valence electrons. The highest BCUT2D eigenvalue weighted by Crippen LogP contribution is 2.35. The fourth-order valence-electron chi connectivity index (χ4n) is 3.35. The number of nitrogens with one attached hydrogen (secondary N) is 1. The molecule has 0 aromatic heterocycles. The molecule has 0 saturated carbocycles. The second-order valence-corrected chi connectivity index (χ2v) is 7.49. The standard InChI is InChI=1S/C22H26ClN3O5/c1-14-5-6-15(11-17(14)23)24-22(28)26-9-7-25(8-10-26)21(27)16-12-19(30-3)20(31-4)13-18(16)29-2/h5-6,11-13H,7-10H2,1-4H3,(H,24,28). The Bertz CT molecular complexity index is 974. The fraction of sp³-hybridized carbons (Fsp3) is 0.364. The molecule has 0 radical (unpaired) electrons. The molecule has 1 N–H and O–H groups in total. The Hall–Kier alpha value is -3.13. The summed E-state index contributed by atoms with van der Waals surface area (Å²) in [6, 6.07) is 8.39. The summed E-state index contributed by atoms with van der Waals surface area (Å²) in [7, 11) is 4.53. The third kappa shape index (κ3) is 4.96. The first-order valence-corrected chi connectivity index (χ1v) is 10.2. The van der Waals surface area contributed by atoms with Crippen LogP contribution in [0.2, 0.25) is 5.02 Å². The Morgan fingerprint density at radius 2 is 1.45 bits per heavy atom. The van der Waals surface area contributed by atoms with Gasteiger partial charge in [0, 0.05) is 49.0 Å². The Kier molecular flexibility index (Phi) is 7.12. The van der Waals surface area contributed by atoms with Gasteiger partial charge in [-0.05, 0) is 24.6 Å². The molecule has 0 atom stereocenters. The molecule has 2 aromatic carbocycles. The number of methoxy groups -OCH3 is 3. The van der Waals surface area contributed by atoms with E-state index in [1.807, 2.05) is 19.1 Å². The Balaban J connectivity index is 1.65. The molecule has 1 aliphatic rings. The van der Waals surface area contributed by atoms with Crippen molar-refractivity contribution < 1.29 is 23.8 Å². The zero-order valence-corrected chi connectivity index (χ0v) is 18.8. The van der Waals surface area contributed by atoms with Crippen LogP contribution in [0.25, 0.3) is 0 Å². The highest BCUT2D eigenvalue weighted by molar-refractivity contribution is 6.31. The highest BCUT2D eigenvalue weighted by Gasteiger charge is 2.27. The monoisotopic (exact) mass is 447 g/mol. The van der Waals surface area contributed by atoms with Crippen LogP contribution in [0.5, 0.6) is 17.2 Å². The summed E-state index contributed by atoms with van der Waals surface area (Å²) in [5.41, 5.74) is 1.96. The van der Waals surface area contributed by atoms with Gasteiger partial charge >= 0.3 is 6.03 Å². The van der Waals surface area contributed by atoms with Crippen molar-refractivity contribution in [1.82, 2.24) is 9.80 Å². The van der Waals surface area contributed by atoms with Gasteiger partial charge in [0.15, 0.2) is 11.5 Å². The van der Waals surface area contributed by atoms with E-state index in [-0.39, 0.29) is 11.9 Å². The summed E-state index contributed by atoms with van der Waals surface area (Å²) in [6.07, 6.45) is 0. The van der Waals surface area contributed by atoms with Crippen LogP contribution in [0.1, 0.15) is 15.9 Å². The maximum Gasteiger partial charge on any atom is 0.321 e. The van der Waals surface area contributed by atoms with Gasteiger partial charge in [-0.1, -0.05) is 17.7 Å². The van der Waals surface area contributed by atoms with E-state index < -0.39 is 0 Å². The first-order chi connectivity index (χ1) is 14.9. The zero-order chi connectivity index (χ0) is 22.5. The normalized spacial score (nSPS) is 13.6. The predicted molar refractivity (Wildman–Crippen MR) is 119 cm³/mol. The Morgan fingerprint density at radius 3 is 2.03 bits per heavy atom. The van der Waals surface area contributed by atoms with Crippen molar-refractivity contribution in [2.75, 3.05) is 52.8 Å². The number of benzene rings is 2. The lowest BCUT2D eigenvalue weighted by Crippen LogP contribution is -2.51. The summed E-state index contributed by atoms with van der Waals surface area (Å²) in [5, 5.41) is 3.44. The maximum absolute atomic E-state index is 13.1. The first-order valence-electron chi connectivity index (χ1n) is 9.79. The molecule has 0 spiro atoms. The van der Waals surface area contributed by atoms with Gasteiger partial charge in [0.25, 0.3) is 5.91 Å². The third-order valence-electron chi connectivity index (χ3n) is 5.21. The van der Waals surface area contributed by atoms with Crippen molar-refractivity contribution >= 4 is 29.2 Å². The van der Waals surface area contributed by atoms with Crippen molar-refractivity contribution in [1.29, 1.82) is 0 Å². The summed E-state index contributed by atoms with van der Waals surface area (Å²) < 4.78 is 16.0. The van der Waals surface area contributed by atoms with Crippen LogP contribution >= 0.6 is 11.6 Å². The molecule has 3 amide bonds. The van der Waals surface area contributed by atoms with Gasteiger partial charge in [0.2, 0.25) is 0 Å². The molecular formula is C22H26ClN3O5. The SMILES string of the molecule is COc1cc(OC)c(C(=O)N2CCN(C(=O)Nc3ccc(C)c(Cl)c3)CC2)cc1OC. The van der Waals surface area contributed by atoms with E-state index in [1.165, 1.54) is 21.3 Å². The molecule has 1 fully saturated rings. The van der Waals surface area contributed by atoms with E-state index >= 15 is 0 Å². The molecule has 2 aromatic rings. The number of anilines is 1. The lowest BCUT2D eigenvalue weighted by Gasteiger charge is -2.35. The predicted octanol–water partition coefficient (Wildman–Crippen LogP) is 3.66. The average Bonchev–Trinajstić information content (AvgIpc) is 2.80. The van der Waals surface area contributed by atoms with Gasteiger partial charge in [-0.25, -0.2) is 4.79 Å². The van der Waals surface area contributed by atoms with E-state index in [1.54, 1.807) is 28.0 Å².